The Morgan fingerprint density at radius 2 is 1.64 bits per heavy atom. The van der Waals surface area contributed by atoms with E-state index in [2.05, 4.69) is 39.2 Å². The first-order chi connectivity index (χ1) is 6.60. The van der Waals surface area contributed by atoms with Gasteiger partial charge < -0.3 is 4.90 Å². The average molecular weight is 195 g/mol. The van der Waals surface area contributed by atoms with Gasteiger partial charge >= 0.3 is 0 Å². The van der Waals surface area contributed by atoms with Gasteiger partial charge in [-0.25, -0.2) is 0 Å². The maximum atomic E-state index is 4.20. The molecule has 0 aliphatic carbocycles. The molecule has 1 nitrogen and oxygen atoms in total. The van der Waals surface area contributed by atoms with Crippen LogP contribution in [0.4, 0.5) is 0 Å². The van der Waals surface area contributed by atoms with Crippen LogP contribution in [0.15, 0.2) is 12.3 Å². The SMILES string of the molecule is C=C(C(C)C)N1CC(CC)C(CC)C1. The molecule has 1 rings (SSSR count). The van der Waals surface area contributed by atoms with Crippen molar-refractivity contribution in [1.29, 1.82) is 0 Å². The van der Waals surface area contributed by atoms with Crippen molar-refractivity contribution in [3.05, 3.63) is 12.3 Å². The number of likely N-dealkylation sites (tertiary alicyclic amines) is 1. The van der Waals surface area contributed by atoms with Crippen LogP contribution >= 0.6 is 0 Å². The molecule has 2 unspecified atom stereocenters. The third-order valence-corrected chi connectivity index (χ3v) is 3.70. The number of allylic oxidation sites excluding steroid dienone is 1. The molecule has 0 N–H and O–H groups in total. The van der Waals surface area contributed by atoms with Crippen molar-refractivity contribution in [2.24, 2.45) is 17.8 Å². The topological polar surface area (TPSA) is 3.24 Å². The number of nitrogens with zero attached hydrogens (tertiary/aromatic N) is 1. The standard InChI is InChI=1S/C13H25N/c1-6-12-8-14(9-13(12)7-2)11(5)10(3)4/h10,12-13H,5-9H2,1-4H3. The summed E-state index contributed by atoms with van der Waals surface area (Å²) in [6.45, 7) is 15.8. The van der Waals surface area contributed by atoms with Crippen molar-refractivity contribution in [2.75, 3.05) is 13.1 Å². The zero-order chi connectivity index (χ0) is 10.7. The Balaban J connectivity index is 2.57. The van der Waals surface area contributed by atoms with E-state index in [1.54, 1.807) is 0 Å². The number of rotatable bonds is 4. The van der Waals surface area contributed by atoms with Crippen LogP contribution < -0.4 is 0 Å². The fourth-order valence-electron chi connectivity index (χ4n) is 2.46. The summed E-state index contributed by atoms with van der Waals surface area (Å²) in [5.74, 6) is 2.40. The molecule has 0 aromatic heterocycles. The number of hydrogen-bond donors (Lipinski definition) is 0. The summed E-state index contributed by atoms with van der Waals surface area (Å²) in [7, 11) is 0. The van der Waals surface area contributed by atoms with Gasteiger partial charge in [-0.2, -0.15) is 0 Å². The predicted octanol–water partition coefficient (Wildman–Crippen LogP) is 3.52. The first-order valence-electron chi connectivity index (χ1n) is 6.03. The van der Waals surface area contributed by atoms with E-state index in [0.29, 0.717) is 5.92 Å². The van der Waals surface area contributed by atoms with Gasteiger partial charge in [0.1, 0.15) is 0 Å². The third kappa shape index (κ3) is 2.31. The second-order valence-corrected chi connectivity index (χ2v) is 4.89. The second-order valence-electron chi connectivity index (χ2n) is 4.89. The van der Waals surface area contributed by atoms with Gasteiger partial charge in [-0.15, -0.1) is 0 Å². The highest BCUT2D eigenvalue weighted by molar-refractivity contribution is 5.01. The Kier molecular flexibility index (Phi) is 4.03. The van der Waals surface area contributed by atoms with Crippen LogP contribution in [-0.2, 0) is 0 Å². The molecule has 1 heteroatoms. The molecule has 1 saturated heterocycles. The van der Waals surface area contributed by atoms with Crippen LogP contribution in [0.3, 0.4) is 0 Å². The second kappa shape index (κ2) is 4.86. The summed E-state index contributed by atoms with van der Waals surface area (Å²) in [6, 6.07) is 0. The lowest BCUT2D eigenvalue weighted by Crippen LogP contribution is -2.22. The van der Waals surface area contributed by atoms with Gasteiger partial charge in [-0.3, -0.25) is 0 Å². The van der Waals surface area contributed by atoms with Crippen LogP contribution in [0.1, 0.15) is 40.5 Å². The molecular formula is C13H25N. The van der Waals surface area contributed by atoms with Crippen molar-refractivity contribution in [2.45, 2.75) is 40.5 Å². The molecule has 1 aliphatic rings. The third-order valence-electron chi connectivity index (χ3n) is 3.70. The lowest BCUT2D eigenvalue weighted by molar-refractivity contribution is 0.362. The van der Waals surface area contributed by atoms with Crippen molar-refractivity contribution >= 4 is 0 Å². The van der Waals surface area contributed by atoms with Crippen molar-refractivity contribution < 1.29 is 0 Å². The van der Waals surface area contributed by atoms with Gasteiger partial charge in [0.25, 0.3) is 0 Å². The lowest BCUT2D eigenvalue weighted by atomic mass is 9.92. The maximum absolute atomic E-state index is 4.20. The van der Waals surface area contributed by atoms with Crippen molar-refractivity contribution in [3.63, 3.8) is 0 Å². The maximum Gasteiger partial charge on any atom is 0.0206 e. The van der Waals surface area contributed by atoms with Gasteiger partial charge in [0.05, 0.1) is 0 Å². The van der Waals surface area contributed by atoms with Gasteiger partial charge in [0.15, 0.2) is 0 Å². The van der Waals surface area contributed by atoms with Crippen LogP contribution in [0, 0.1) is 17.8 Å². The van der Waals surface area contributed by atoms with E-state index in [-0.39, 0.29) is 0 Å². The van der Waals surface area contributed by atoms with E-state index < -0.39 is 0 Å². The Bertz CT molecular complexity index is 183. The summed E-state index contributed by atoms with van der Waals surface area (Å²) in [4.78, 5) is 2.51. The van der Waals surface area contributed by atoms with E-state index in [4.69, 9.17) is 0 Å². The smallest absolute Gasteiger partial charge is 0.0206 e. The Labute approximate surface area is 89.2 Å². The van der Waals surface area contributed by atoms with Crippen molar-refractivity contribution in [3.8, 4) is 0 Å². The summed E-state index contributed by atoms with van der Waals surface area (Å²) < 4.78 is 0. The van der Waals surface area contributed by atoms with E-state index >= 15 is 0 Å². The Morgan fingerprint density at radius 3 is 1.93 bits per heavy atom. The quantitative estimate of drug-likeness (QED) is 0.663. The Hall–Kier alpha value is -0.460. The molecular weight excluding hydrogens is 170 g/mol. The fourth-order valence-corrected chi connectivity index (χ4v) is 2.46. The van der Waals surface area contributed by atoms with E-state index in [9.17, 15) is 0 Å². The van der Waals surface area contributed by atoms with Crippen LogP contribution in [0.5, 0.6) is 0 Å². The highest BCUT2D eigenvalue weighted by atomic mass is 15.2. The fraction of sp³-hybridized carbons (Fsp3) is 0.846. The molecule has 1 aliphatic heterocycles. The summed E-state index contributed by atoms with van der Waals surface area (Å²) in [6.07, 6.45) is 2.64. The van der Waals surface area contributed by atoms with Gasteiger partial charge in [0.2, 0.25) is 0 Å². The molecule has 82 valence electrons. The van der Waals surface area contributed by atoms with Crippen LogP contribution in [-0.4, -0.2) is 18.0 Å². The molecule has 2 atom stereocenters. The Morgan fingerprint density at radius 1 is 1.21 bits per heavy atom. The minimum atomic E-state index is 0.600. The zero-order valence-corrected chi connectivity index (χ0v) is 10.2. The highest BCUT2D eigenvalue weighted by Gasteiger charge is 2.30. The van der Waals surface area contributed by atoms with Gasteiger partial charge in [0, 0.05) is 18.8 Å². The molecule has 0 aromatic rings. The zero-order valence-electron chi connectivity index (χ0n) is 10.2. The highest BCUT2D eigenvalue weighted by Crippen LogP contribution is 2.31. The lowest BCUT2D eigenvalue weighted by Gasteiger charge is -2.24. The summed E-state index contributed by atoms with van der Waals surface area (Å²) in [5, 5.41) is 0. The number of hydrogen-bond acceptors (Lipinski definition) is 1. The van der Waals surface area contributed by atoms with E-state index in [1.807, 2.05) is 0 Å². The summed E-state index contributed by atoms with van der Waals surface area (Å²) >= 11 is 0. The molecule has 0 spiro atoms. The molecule has 0 saturated carbocycles. The van der Waals surface area contributed by atoms with Crippen LogP contribution in [0.25, 0.3) is 0 Å². The minimum Gasteiger partial charge on any atom is -0.375 e. The van der Waals surface area contributed by atoms with Gasteiger partial charge in [-0.1, -0.05) is 47.1 Å². The predicted molar refractivity (Wildman–Crippen MR) is 63.1 cm³/mol. The molecule has 0 radical (unpaired) electrons. The first kappa shape index (κ1) is 11.6. The average Bonchev–Trinajstić information content (AvgIpc) is 2.59. The molecule has 0 bridgehead atoms. The van der Waals surface area contributed by atoms with Crippen molar-refractivity contribution in [1.82, 2.24) is 4.90 Å². The largest absolute Gasteiger partial charge is 0.375 e. The van der Waals surface area contributed by atoms with Crippen LogP contribution in [0.2, 0.25) is 0 Å². The molecule has 14 heavy (non-hydrogen) atoms. The monoisotopic (exact) mass is 195 g/mol. The molecule has 1 fully saturated rings. The normalized spacial score (nSPS) is 27.4. The molecule has 1 heterocycles. The first-order valence-corrected chi connectivity index (χ1v) is 6.03. The molecule has 0 amide bonds. The van der Waals surface area contributed by atoms with E-state index in [1.165, 1.54) is 31.6 Å². The summed E-state index contributed by atoms with van der Waals surface area (Å²) in [5.41, 5.74) is 1.33. The van der Waals surface area contributed by atoms with E-state index in [0.717, 1.165) is 11.8 Å². The minimum absolute atomic E-state index is 0.600. The van der Waals surface area contributed by atoms with Gasteiger partial charge in [-0.05, 0) is 17.8 Å². The molecule has 0 aromatic carbocycles.